The number of hydrogen-bond acceptors (Lipinski definition) is 4. The number of rotatable bonds is 4. The van der Waals surface area contributed by atoms with Gasteiger partial charge >= 0.3 is 23.3 Å². The Hall–Kier alpha value is -1.85. The van der Waals surface area contributed by atoms with Gasteiger partial charge in [-0.05, 0) is 18.2 Å². The first-order chi connectivity index (χ1) is 10.2. The Morgan fingerprint density at radius 2 is 1.57 bits per heavy atom. The minimum Gasteiger partial charge on any atom is -0.465 e. The van der Waals surface area contributed by atoms with E-state index in [1.54, 1.807) is 0 Å². The topological polar surface area (TPSA) is 60.4 Å². The molecule has 0 fully saturated rings. The summed E-state index contributed by atoms with van der Waals surface area (Å²) in [5.74, 6) is -8.03. The van der Waals surface area contributed by atoms with Gasteiger partial charge in [0.15, 0.2) is 0 Å². The molecule has 0 bridgehead atoms. The number of carbonyl (C=O) groups excluding carboxylic acids is 1. The normalized spacial score (nSPS) is 13.7. The summed E-state index contributed by atoms with van der Waals surface area (Å²) in [6, 6.07) is 2.16. The summed E-state index contributed by atoms with van der Waals surface area (Å²) in [5.41, 5.74) is -0.625. The van der Waals surface area contributed by atoms with E-state index in [0.29, 0.717) is 12.1 Å². The number of halogens is 7. The zero-order valence-corrected chi connectivity index (χ0v) is 11.8. The Balaban J connectivity index is 3.50. The largest absolute Gasteiger partial charge is 0.465 e. The highest BCUT2D eigenvalue weighted by Gasteiger charge is 2.78. The maximum absolute atomic E-state index is 13.4. The van der Waals surface area contributed by atoms with E-state index < -0.39 is 43.6 Å². The number of carbonyl (C=O) groups is 1. The first kappa shape index (κ1) is 19.2. The lowest BCUT2D eigenvalue weighted by atomic mass is 10.2. The molecule has 0 heterocycles. The fraction of sp³-hybridized carbons (Fsp3) is 0.364. The minimum absolute atomic E-state index is 0.210. The molecule has 0 unspecified atom stereocenters. The Kier molecular flexibility index (Phi) is 4.72. The molecular weight excluding hydrogens is 361 g/mol. The van der Waals surface area contributed by atoms with Gasteiger partial charge in [0.25, 0.3) is 0 Å². The van der Waals surface area contributed by atoms with Crippen LogP contribution in [0.4, 0.5) is 30.7 Å². The van der Waals surface area contributed by atoms with Crippen LogP contribution in [0.15, 0.2) is 29.2 Å². The number of methoxy groups -OCH3 is 1. The van der Waals surface area contributed by atoms with Crippen molar-refractivity contribution in [1.29, 1.82) is 0 Å². The zero-order valence-electron chi connectivity index (χ0n) is 11.0. The third-order valence-corrected chi connectivity index (χ3v) is 4.43. The van der Waals surface area contributed by atoms with Gasteiger partial charge in [-0.25, -0.2) is 13.2 Å². The smallest absolute Gasteiger partial charge is 0.461 e. The zero-order chi connectivity index (χ0) is 18.3. The van der Waals surface area contributed by atoms with E-state index in [1.165, 1.54) is 0 Å². The molecule has 1 aromatic rings. The lowest BCUT2D eigenvalue weighted by molar-refractivity contribution is -0.332. The molecule has 0 aliphatic rings. The molecule has 0 spiro atoms. The van der Waals surface area contributed by atoms with Crippen molar-refractivity contribution in [1.82, 2.24) is 0 Å². The number of ether oxygens (including phenoxy) is 1. The van der Waals surface area contributed by atoms with Gasteiger partial charge in [0.2, 0.25) is 9.84 Å². The van der Waals surface area contributed by atoms with Crippen LogP contribution in [0.1, 0.15) is 10.4 Å². The molecule has 0 saturated carbocycles. The summed E-state index contributed by atoms with van der Waals surface area (Å²) in [7, 11) is -5.60. The predicted molar refractivity (Wildman–Crippen MR) is 60.9 cm³/mol. The van der Waals surface area contributed by atoms with Gasteiger partial charge in [0.1, 0.15) is 0 Å². The van der Waals surface area contributed by atoms with Gasteiger partial charge < -0.3 is 4.74 Å². The van der Waals surface area contributed by atoms with E-state index in [1.807, 2.05) is 0 Å². The number of esters is 1. The van der Waals surface area contributed by atoms with E-state index in [2.05, 4.69) is 4.74 Å². The second kappa shape index (κ2) is 5.65. The van der Waals surface area contributed by atoms with Crippen molar-refractivity contribution in [2.24, 2.45) is 0 Å². The van der Waals surface area contributed by atoms with Crippen molar-refractivity contribution in [2.45, 2.75) is 22.2 Å². The molecule has 0 saturated heterocycles. The summed E-state index contributed by atoms with van der Waals surface area (Å²) < 4.78 is 116. The molecular formula is C11H7F7O4S. The highest BCUT2D eigenvalue weighted by atomic mass is 32.2. The standard InChI is InChI=1S/C11H7F7O4S/c1-22-8(19)6-3-2-4-7(5-6)23(20,21)11(17,18)9(12,13)10(14,15)16/h2-5H,1H3. The first-order valence-corrected chi connectivity index (χ1v) is 6.94. The van der Waals surface area contributed by atoms with Crippen LogP contribution in [-0.2, 0) is 14.6 Å². The van der Waals surface area contributed by atoms with Crippen LogP contribution < -0.4 is 0 Å². The number of benzene rings is 1. The number of sulfone groups is 1. The van der Waals surface area contributed by atoms with Crippen LogP contribution >= 0.6 is 0 Å². The molecule has 130 valence electrons. The molecule has 23 heavy (non-hydrogen) atoms. The van der Waals surface area contributed by atoms with E-state index in [9.17, 15) is 43.9 Å². The molecule has 4 nitrogen and oxygen atoms in total. The maximum Gasteiger partial charge on any atom is 0.461 e. The summed E-state index contributed by atoms with van der Waals surface area (Å²) in [6.07, 6.45) is -6.80. The van der Waals surface area contributed by atoms with Gasteiger partial charge in [-0.3, -0.25) is 0 Å². The van der Waals surface area contributed by atoms with E-state index in [0.717, 1.165) is 13.2 Å². The lowest BCUT2D eigenvalue weighted by Gasteiger charge is -2.27. The minimum atomic E-state index is -6.83. The molecule has 0 aliphatic carbocycles. The van der Waals surface area contributed by atoms with Gasteiger partial charge in [-0.2, -0.15) is 30.7 Å². The average Bonchev–Trinajstić information content (AvgIpc) is 2.44. The van der Waals surface area contributed by atoms with Crippen molar-refractivity contribution in [3.8, 4) is 0 Å². The van der Waals surface area contributed by atoms with Crippen molar-refractivity contribution in [3.63, 3.8) is 0 Å². The summed E-state index contributed by atoms with van der Waals surface area (Å²) >= 11 is 0. The molecule has 0 amide bonds. The lowest BCUT2D eigenvalue weighted by Crippen LogP contribution is -2.55. The SMILES string of the molecule is COC(=O)c1cccc(S(=O)(=O)C(F)(F)C(F)(F)C(F)(F)F)c1. The average molecular weight is 368 g/mol. The monoisotopic (exact) mass is 368 g/mol. The van der Waals surface area contributed by atoms with Crippen LogP contribution in [0.5, 0.6) is 0 Å². The summed E-state index contributed by atoms with van der Waals surface area (Å²) in [6.45, 7) is 0. The molecule has 1 rings (SSSR count). The summed E-state index contributed by atoms with van der Waals surface area (Å²) in [4.78, 5) is 9.58. The Morgan fingerprint density at radius 1 is 1.04 bits per heavy atom. The molecule has 0 aliphatic heterocycles. The van der Waals surface area contributed by atoms with Crippen LogP contribution in [0.25, 0.3) is 0 Å². The van der Waals surface area contributed by atoms with Gasteiger partial charge in [-0.1, -0.05) is 6.07 Å². The van der Waals surface area contributed by atoms with Crippen molar-refractivity contribution >= 4 is 15.8 Å². The van der Waals surface area contributed by atoms with Crippen LogP contribution in [0.3, 0.4) is 0 Å². The Bertz CT molecular complexity index is 709. The van der Waals surface area contributed by atoms with Crippen molar-refractivity contribution in [3.05, 3.63) is 29.8 Å². The first-order valence-electron chi connectivity index (χ1n) is 5.45. The third kappa shape index (κ3) is 2.99. The van der Waals surface area contributed by atoms with E-state index in [-0.39, 0.29) is 6.07 Å². The second-order valence-electron chi connectivity index (χ2n) is 4.11. The Labute approximate surface area is 124 Å². The third-order valence-electron chi connectivity index (χ3n) is 2.62. The van der Waals surface area contributed by atoms with Gasteiger partial charge in [0, 0.05) is 0 Å². The maximum atomic E-state index is 13.4. The van der Waals surface area contributed by atoms with Crippen LogP contribution in [0.2, 0.25) is 0 Å². The molecule has 0 atom stereocenters. The molecule has 0 radical (unpaired) electrons. The Morgan fingerprint density at radius 3 is 2.00 bits per heavy atom. The van der Waals surface area contributed by atoms with Crippen LogP contribution in [-0.4, -0.2) is 38.9 Å². The van der Waals surface area contributed by atoms with Gasteiger partial charge in [-0.15, -0.1) is 0 Å². The van der Waals surface area contributed by atoms with Crippen molar-refractivity contribution in [2.75, 3.05) is 7.11 Å². The molecule has 12 heteroatoms. The predicted octanol–water partition coefficient (Wildman–Crippen LogP) is 3.04. The quantitative estimate of drug-likeness (QED) is 0.606. The fourth-order valence-corrected chi connectivity index (χ4v) is 2.68. The number of alkyl halides is 7. The fourth-order valence-electron chi connectivity index (χ4n) is 1.39. The summed E-state index contributed by atoms with van der Waals surface area (Å²) in [5, 5.41) is -6.48. The molecule has 0 N–H and O–H groups in total. The second-order valence-corrected chi connectivity index (χ2v) is 6.10. The van der Waals surface area contributed by atoms with Crippen LogP contribution in [0, 0.1) is 0 Å². The number of hydrogen-bond donors (Lipinski definition) is 0. The molecule has 1 aromatic carbocycles. The highest BCUT2D eigenvalue weighted by Crippen LogP contribution is 2.50. The van der Waals surface area contributed by atoms with Crippen molar-refractivity contribution < 1.29 is 48.7 Å². The highest BCUT2D eigenvalue weighted by molar-refractivity contribution is 7.92. The van der Waals surface area contributed by atoms with Gasteiger partial charge in [0.05, 0.1) is 17.6 Å². The van der Waals surface area contributed by atoms with E-state index >= 15 is 0 Å². The van der Waals surface area contributed by atoms with E-state index in [4.69, 9.17) is 0 Å². The molecule has 0 aromatic heterocycles.